The van der Waals surface area contributed by atoms with Crippen molar-refractivity contribution in [3.05, 3.63) is 18.9 Å². The molecular formula is C6H5N5. The van der Waals surface area contributed by atoms with Gasteiger partial charge in [0.05, 0.1) is 12.5 Å². The van der Waals surface area contributed by atoms with Gasteiger partial charge in [0.15, 0.2) is 5.65 Å². The Kier molecular flexibility index (Phi) is 2.13. The molecule has 0 aliphatic carbocycles. The second kappa shape index (κ2) is 3.27. The molecule has 2 rings (SSSR count). The number of rotatable bonds is 0. The molecule has 0 aromatic carbocycles. The number of fused-ring (bicyclic) bond motifs is 1. The molecule has 0 radical (unpaired) electrons. The summed E-state index contributed by atoms with van der Waals surface area (Å²) in [4.78, 5) is 14.5. The van der Waals surface area contributed by atoms with Gasteiger partial charge in [0.2, 0.25) is 0 Å². The molecule has 0 atom stereocenters. The van der Waals surface area contributed by atoms with Crippen molar-refractivity contribution in [2.24, 2.45) is 0 Å². The maximum atomic E-state index is 6.50. The molecule has 0 saturated carbocycles. The average molecular weight is 147 g/mol. The van der Waals surface area contributed by atoms with Crippen LogP contribution < -0.4 is 0 Å². The average Bonchev–Trinajstić information content (AvgIpc) is 2.55. The van der Waals surface area contributed by atoms with Crippen molar-refractivity contribution >= 4 is 11.2 Å². The van der Waals surface area contributed by atoms with Crippen LogP contribution in [0.2, 0.25) is 0 Å². The highest BCUT2D eigenvalue weighted by Crippen LogP contribution is 1.99. The first kappa shape index (κ1) is 7.15. The molecule has 2 aromatic rings. The molecule has 2 aromatic heterocycles. The summed E-state index contributed by atoms with van der Waals surface area (Å²) in [5.41, 5.74) is 1.59. The van der Waals surface area contributed by atoms with Gasteiger partial charge in [-0.05, 0) is 0 Å². The molecule has 2 heterocycles. The van der Waals surface area contributed by atoms with E-state index in [0.29, 0.717) is 5.65 Å². The van der Waals surface area contributed by atoms with Crippen LogP contribution in [0.15, 0.2) is 18.9 Å². The third-order valence-corrected chi connectivity index (χ3v) is 1.10. The summed E-state index contributed by atoms with van der Waals surface area (Å²) >= 11 is 0. The van der Waals surface area contributed by atoms with Gasteiger partial charge in [0, 0.05) is 6.57 Å². The minimum atomic E-state index is 0.713. The lowest BCUT2D eigenvalue weighted by Crippen LogP contribution is -1.76. The summed E-state index contributed by atoms with van der Waals surface area (Å²) in [7, 11) is 0. The predicted molar refractivity (Wildman–Crippen MR) is 38.4 cm³/mol. The number of aromatic nitrogens is 4. The smallest absolute Gasteiger partial charge is 0.180 e. The lowest BCUT2D eigenvalue weighted by molar-refractivity contribution is 1.20. The van der Waals surface area contributed by atoms with Gasteiger partial charge in [0.1, 0.15) is 11.8 Å². The van der Waals surface area contributed by atoms with Crippen LogP contribution in [0.1, 0.15) is 0 Å². The molecule has 0 saturated heterocycles. The molecule has 1 N–H and O–H groups in total. The molecule has 0 unspecified atom stereocenters. The van der Waals surface area contributed by atoms with Crippen molar-refractivity contribution in [1.29, 1.82) is 5.26 Å². The summed E-state index contributed by atoms with van der Waals surface area (Å²) in [6, 6.07) is 0. The highest BCUT2D eigenvalue weighted by molar-refractivity contribution is 5.67. The second-order valence-corrected chi connectivity index (χ2v) is 1.66. The van der Waals surface area contributed by atoms with Crippen LogP contribution in [0.5, 0.6) is 0 Å². The Bertz CT molecular complexity index is 320. The van der Waals surface area contributed by atoms with E-state index in [2.05, 4.69) is 26.5 Å². The van der Waals surface area contributed by atoms with E-state index in [9.17, 15) is 0 Å². The fraction of sp³-hybridized carbons (Fsp3) is 0. The van der Waals surface area contributed by atoms with Crippen LogP contribution in [0, 0.1) is 11.8 Å². The number of hydrogen-bond acceptors (Lipinski definition) is 4. The molecule has 5 nitrogen and oxygen atoms in total. The Balaban J connectivity index is 0.000000281. The van der Waals surface area contributed by atoms with Gasteiger partial charge in [-0.3, -0.25) is 0 Å². The maximum Gasteiger partial charge on any atom is 0.180 e. The Hall–Kier alpha value is -1.96. The quantitative estimate of drug-likeness (QED) is 0.588. The summed E-state index contributed by atoms with van der Waals surface area (Å²) in [6.07, 6.45) is 4.76. The number of nitrogens with zero attached hydrogens (tertiary/aromatic N) is 4. The van der Waals surface area contributed by atoms with E-state index >= 15 is 0 Å². The lowest BCUT2D eigenvalue weighted by Gasteiger charge is -1.80. The van der Waals surface area contributed by atoms with Gasteiger partial charge in [-0.25, -0.2) is 20.2 Å². The molecule has 11 heavy (non-hydrogen) atoms. The number of aromatic amines is 1. The van der Waals surface area contributed by atoms with Crippen LogP contribution in [-0.2, 0) is 0 Å². The van der Waals surface area contributed by atoms with E-state index in [1.807, 2.05) is 0 Å². The predicted octanol–water partition coefficient (Wildman–Crippen LogP) is 0.493. The first-order valence-electron chi connectivity index (χ1n) is 2.82. The van der Waals surface area contributed by atoms with E-state index in [4.69, 9.17) is 5.26 Å². The van der Waals surface area contributed by atoms with Gasteiger partial charge >= 0.3 is 0 Å². The Morgan fingerprint density at radius 1 is 1.36 bits per heavy atom. The van der Waals surface area contributed by atoms with Crippen LogP contribution >= 0.6 is 0 Å². The molecule has 0 aliphatic rings. The third-order valence-electron chi connectivity index (χ3n) is 1.10. The standard InChI is InChI=1S/C5H4N4.CHN/c1-4-5(8-2-6-1)9-3-7-4;1-2/h1-3H,(H,6,7,8,9);1H. The maximum absolute atomic E-state index is 6.50. The fourth-order valence-electron chi connectivity index (χ4n) is 0.691. The van der Waals surface area contributed by atoms with Crippen LogP contribution in [0.25, 0.3) is 11.2 Å². The van der Waals surface area contributed by atoms with Crippen molar-refractivity contribution in [2.75, 3.05) is 0 Å². The summed E-state index contributed by atoms with van der Waals surface area (Å²) in [5, 5.41) is 6.50. The first-order valence-corrected chi connectivity index (χ1v) is 2.82. The van der Waals surface area contributed by atoms with Gasteiger partial charge in [0.25, 0.3) is 0 Å². The summed E-state index contributed by atoms with van der Waals surface area (Å²) < 4.78 is 0. The summed E-state index contributed by atoms with van der Waals surface area (Å²) in [5.74, 6) is 0. The van der Waals surface area contributed by atoms with Crippen molar-refractivity contribution in [2.45, 2.75) is 0 Å². The van der Waals surface area contributed by atoms with Gasteiger partial charge in [-0.2, -0.15) is 0 Å². The molecule has 0 bridgehead atoms. The monoisotopic (exact) mass is 147 g/mol. The largest absolute Gasteiger partial charge is 0.342 e. The van der Waals surface area contributed by atoms with Crippen molar-refractivity contribution < 1.29 is 0 Å². The molecule has 0 spiro atoms. The molecule has 0 aliphatic heterocycles. The van der Waals surface area contributed by atoms with Crippen LogP contribution in [-0.4, -0.2) is 19.9 Å². The normalized spacial score (nSPS) is 8.55. The van der Waals surface area contributed by atoms with E-state index < -0.39 is 0 Å². The van der Waals surface area contributed by atoms with E-state index in [1.54, 1.807) is 12.5 Å². The van der Waals surface area contributed by atoms with Gasteiger partial charge in [-0.1, -0.05) is 0 Å². The Labute approximate surface area is 62.7 Å². The first-order chi connectivity index (χ1) is 5.47. The van der Waals surface area contributed by atoms with Crippen molar-refractivity contribution in [3.8, 4) is 6.57 Å². The zero-order valence-corrected chi connectivity index (χ0v) is 5.60. The Morgan fingerprint density at radius 3 is 2.91 bits per heavy atom. The SMILES string of the molecule is C#N.c1ncc2[nH]cnc2n1. The fourth-order valence-corrected chi connectivity index (χ4v) is 0.691. The van der Waals surface area contributed by atoms with Crippen molar-refractivity contribution in [1.82, 2.24) is 19.9 Å². The Morgan fingerprint density at radius 2 is 2.18 bits per heavy atom. The van der Waals surface area contributed by atoms with Crippen LogP contribution in [0.3, 0.4) is 0 Å². The number of H-pyrrole nitrogens is 1. The molecular weight excluding hydrogens is 142 g/mol. The van der Waals surface area contributed by atoms with Crippen molar-refractivity contribution in [3.63, 3.8) is 0 Å². The van der Waals surface area contributed by atoms with Gasteiger partial charge in [-0.15, -0.1) is 0 Å². The summed E-state index contributed by atoms with van der Waals surface area (Å²) in [6.45, 7) is 3.50. The van der Waals surface area contributed by atoms with E-state index in [0.717, 1.165) is 5.52 Å². The van der Waals surface area contributed by atoms with Crippen LogP contribution in [0.4, 0.5) is 0 Å². The van der Waals surface area contributed by atoms with E-state index in [1.165, 1.54) is 6.33 Å². The molecule has 54 valence electrons. The highest BCUT2D eigenvalue weighted by Gasteiger charge is 1.91. The topological polar surface area (TPSA) is 78.2 Å². The zero-order valence-electron chi connectivity index (χ0n) is 5.60. The van der Waals surface area contributed by atoms with E-state index in [-0.39, 0.29) is 0 Å². The number of hydrogen-bond donors (Lipinski definition) is 1. The lowest BCUT2D eigenvalue weighted by atomic mass is 10.6. The number of nitrogens with one attached hydrogen (secondary N) is 1. The second-order valence-electron chi connectivity index (χ2n) is 1.66. The van der Waals surface area contributed by atoms with Gasteiger partial charge < -0.3 is 4.98 Å². The minimum Gasteiger partial charge on any atom is -0.342 e. The minimum absolute atomic E-state index is 0.713. The zero-order chi connectivity index (χ0) is 8.10. The number of imidazole rings is 1. The molecule has 5 heteroatoms. The molecule has 0 amide bonds. The highest BCUT2D eigenvalue weighted by atomic mass is 15.0. The number of nitriles is 1. The molecule has 0 fully saturated rings. The third kappa shape index (κ3) is 1.30.